The first-order valence-corrected chi connectivity index (χ1v) is 12.7. The van der Waals surface area contributed by atoms with Crippen LogP contribution in [0.5, 0.6) is 0 Å². The topological polar surface area (TPSA) is 72.3 Å². The number of nitriles is 2. The van der Waals surface area contributed by atoms with Crippen LogP contribution in [0.4, 0.5) is 8.78 Å². The summed E-state index contributed by atoms with van der Waals surface area (Å²) in [4.78, 5) is 8.48. The molecule has 0 amide bonds. The molecule has 0 N–H and O–H groups in total. The molecule has 0 saturated heterocycles. The Morgan fingerprint density at radius 1 is 0.550 bits per heavy atom. The second-order valence-electron chi connectivity index (χ2n) is 9.95. The molecule has 40 heavy (non-hydrogen) atoms. The molecule has 4 nitrogen and oxygen atoms in total. The minimum absolute atomic E-state index is 0.0853. The molecule has 7 rings (SSSR count). The minimum Gasteiger partial charge on any atom is -0.207 e. The molecule has 6 heteroatoms. The summed E-state index contributed by atoms with van der Waals surface area (Å²) in [5.41, 5.74) is 10.4. The SMILES string of the molecule is N#C/N=C1/C2=CC3c4ccc(-c5ccc(F)cc5)cc4/C(=N\C#N)C3C=C2c2ccc(-c3ccc(F)cc3)cc21. The summed E-state index contributed by atoms with van der Waals surface area (Å²) in [5, 5.41) is 19.1. The second-order valence-corrected chi connectivity index (χ2v) is 9.95. The number of hydrogen-bond acceptors (Lipinski definition) is 4. The molecular formula is C34H18F2N4. The van der Waals surface area contributed by atoms with Crippen LogP contribution in [0.1, 0.15) is 28.2 Å². The van der Waals surface area contributed by atoms with E-state index in [2.05, 4.69) is 22.1 Å². The molecule has 3 aliphatic rings. The predicted molar refractivity (Wildman–Crippen MR) is 150 cm³/mol. The minimum atomic E-state index is -0.301. The number of nitrogens with zero attached hydrogens (tertiary/aromatic N) is 4. The average molecular weight is 521 g/mol. The van der Waals surface area contributed by atoms with Crippen molar-refractivity contribution >= 4 is 17.0 Å². The first kappa shape index (κ1) is 23.6. The van der Waals surface area contributed by atoms with E-state index in [4.69, 9.17) is 0 Å². The van der Waals surface area contributed by atoms with Crippen LogP contribution < -0.4 is 0 Å². The van der Waals surface area contributed by atoms with Crippen LogP contribution in [-0.4, -0.2) is 11.4 Å². The number of fused-ring (bicyclic) bond motifs is 6. The number of halogens is 2. The maximum atomic E-state index is 13.5. The molecule has 0 bridgehead atoms. The summed E-state index contributed by atoms with van der Waals surface area (Å²) < 4.78 is 27.0. The zero-order valence-corrected chi connectivity index (χ0v) is 20.9. The monoisotopic (exact) mass is 520 g/mol. The van der Waals surface area contributed by atoms with E-state index in [1.807, 2.05) is 48.8 Å². The van der Waals surface area contributed by atoms with Crippen LogP contribution in [0, 0.1) is 40.5 Å². The smallest absolute Gasteiger partial charge is 0.206 e. The van der Waals surface area contributed by atoms with E-state index < -0.39 is 0 Å². The van der Waals surface area contributed by atoms with Crippen molar-refractivity contribution in [1.82, 2.24) is 0 Å². The Labute approximate surface area is 229 Å². The van der Waals surface area contributed by atoms with Crippen LogP contribution in [-0.2, 0) is 0 Å². The molecule has 188 valence electrons. The Bertz CT molecular complexity index is 1930. The van der Waals surface area contributed by atoms with Crippen LogP contribution >= 0.6 is 0 Å². The molecule has 0 heterocycles. The molecule has 0 fully saturated rings. The van der Waals surface area contributed by atoms with Gasteiger partial charge in [-0.1, -0.05) is 60.7 Å². The molecule has 0 saturated carbocycles. The lowest BCUT2D eigenvalue weighted by Gasteiger charge is -2.21. The largest absolute Gasteiger partial charge is 0.207 e. The van der Waals surface area contributed by atoms with Crippen LogP contribution in [0.25, 0.3) is 27.8 Å². The molecule has 0 aromatic heterocycles. The van der Waals surface area contributed by atoms with Gasteiger partial charge >= 0.3 is 0 Å². The Morgan fingerprint density at radius 2 is 1.10 bits per heavy atom. The fourth-order valence-electron chi connectivity index (χ4n) is 6.09. The van der Waals surface area contributed by atoms with Crippen LogP contribution in [0.3, 0.4) is 0 Å². The second kappa shape index (κ2) is 9.08. The van der Waals surface area contributed by atoms with E-state index >= 15 is 0 Å². The molecule has 4 aromatic rings. The van der Waals surface area contributed by atoms with Crippen molar-refractivity contribution in [3.63, 3.8) is 0 Å². The van der Waals surface area contributed by atoms with E-state index in [1.165, 1.54) is 24.3 Å². The average Bonchev–Trinajstić information content (AvgIpc) is 3.44. The molecule has 4 aromatic carbocycles. The van der Waals surface area contributed by atoms with Crippen LogP contribution in [0.2, 0.25) is 0 Å². The Kier molecular flexibility index (Phi) is 5.37. The lowest BCUT2D eigenvalue weighted by molar-refractivity contribution is 0.627. The van der Waals surface area contributed by atoms with Gasteiger partial charge in [0, 0.05) is 28.5 Å². The lowest BCUT2D eigenvalue weighted by Crippen LogP contribution is -2.16. The van der Waals surface area contributed by atoms with Crippen molar-refractivity contribution in [3.8, 4) is 34.6 Å². The quantitative estimate of drug-likeness (QED) is 0.256. The van der Waals surface area contributed by atoms with Gasteiger partial charge in [-0.2, -0.15) is 20.5 Å². The molecule has 3 aliphatic carbocycles. The van der Waals surface area contributed by atoms with E-state index in [-0.39, 0.29) is 23.5 Å². The number of allylic oxidation sites excluding steroid dienone is 4. The zero-order chi connectivity index (χ0) is 27.4. The summed E-state index contributed by atoms with van der Waals surface area (Å²) in [6, 6.07) is 24.6. The fourth-order valence-corrected chi connectivity index (χ4v) is 6.09. The normalized spacial score (nSPS) is 20.1. The van der Waals surface area contributed by atoms with Crippen molar-refractivity contribution in [2.24, 2.45) is 15.9 Å². The van der Waals surface area contributed by atoms with Gasteiger partial charge in [0.05, 0.1) is 11.4 Å². The highest BCUT2D eigenvalue weighted by Crippen LogP contribution is 2.51. The first-order valence-electron chi connectivity index (χ1n) is 12.7. The molecular weight excluding hydrogens is 502 g/mol. The highest BCUT2D eigenvalue weighted by molar-refractivity contribution is 6.31. The van der Waals surface area contributed by atoms with Gasteiger partial charge in [0.1, 0.15) is 11.6 Å². The third-order valence-corrected chi connectivity index (χ3v) is 7.88. The Balaban J connectivity index is 1.35. The first-order chi connectivity index (χ1) is 19.6. The van der Waals surface area contributed by atoms with Gasteiger partial charge in [0.15, 0.2) is 0 Å². The predicted octanol–water partition coefficient (Wildman–Crippen LogP) is 7.59. The number of benzene rings is 4. The van der Waals surface area contributed by atoms with Gasteiger partial charge in [-0.15, -0.1) is 0 Å². The van der Waals surface area contributed by atoms with Gasteiger partial charge in [-0.05, 0) is 75.4 Å². The van der Waals surface area contributed by atoms with Gasteiger partial charge in [0.2, 0.25) is 12.4 Å². The Morgan fingerprint density at radius 3 is 1.73 bits per heavy atom. The van der Waals surface area contributed by atoms with Gasteiger partial charge in [0.25, 0.3) is 0 Å². The van der Waals surface area contributed by atoms with E-state index in [0.717, 1.165) is 55.7 Å². The Hall–Kier alpha value is -5.46. The maximum Gasteiger partial charge on any atom is 0.206 e. The van der Waals surface area contributed by atoms with Crippen molar-refractivity contribution in [3.05, 3.63) is 137 Å². The van der Waals surface area contributed by atoms with Crippen molar-refractivity contribution in [1.29, 1.82) is 10.5 Å². The van der Waals surface area contributed by atoms with Gasteiger partial charge in [-0.25, -0.2) is 8.78 Å². The summed E-state index contributed by atoms with van der Waals surface area (Å²) >= 11 is 0. The van der Waals surface area contributed by atoms with Gasteiger partial charge < -0.3 is 0 Å². The fraction of sp³-hybridized carbons (Fsp3) is 0.0588. The molecule has 0 aliphatic heterocycles. The van der Waals surface area contributed by atoms with Crippen molar-refractivity contribution in [2.45, 2.75) is 5.92 Å². The highest BCUT2D eigenvalue weighted by Gasteiger charge is 2.42. The molecule has 0 spiro atoms. The summed E-state index contributed by atoms with van der Waals surface area (Å²) in [7, 11) is 0. The highest BCUT2D eigenvalue weighted by atomic mass is 19.1. The summed E-state index contributed by atoms with van der Waals surface area (Å²) in [6.07, 6.45) is 8.21. The van der Waals surface area contributed by atoms with Gasteiger partial charge in [-0.3, -0.25) is 0 Å². The van der Waals surface area contributed by atoms with Crippen molar-refractivity contribution in [2.75, 3.05) is 0 Å². The summed E-state index contributed by atoms with van der Waals surface area (Å²) in [6.45, 7) is 0. The third-order valence-electron chi connectivity index (χ3n) is 7.88. The van der Waals surface area contributed by atoms with E-state index in [9.17, 15) is 19.3 Å². The van der Waals surface area contributed by atoms with Crippen molar-refractivity contribution < 1.29 is 8.78 Å². The number of aliphatic imine (C=N–C) groups is 2. The third kappa shape index (κ3) is 3.62. The summed E-state index contributed by atoms with van der Waals surface area (Å²) in [5.74, 6) is -0.849. The number of hydrogen-bond donors (Lipinski definition) is 0. The van der Waals surface area contributed by atoms with E-state index in [1.54, 1.807) is 24.3 Å². The van der Waals surface area contributed by atoms with Crippen LogP contribution in [0.15, 0.2) is 113 Å². The zero-order valence-electron chi connectivity index (χ0n) is 20.9. The van der Waals surface area contributed by atoms with E-state index in [0.29, 0.717) is 11.4 Å². The molecule has 0 radical (unpaired) electrons. The standard InChI is InChI=1S/C34H18F2N4/c35-23-7-1-19(2-8-23)21-5-11-25-27-15-32-28(16-31(27)33(39-17-37)29(25)13-21)26-12-6-22(14-30(26)34(32)40-18-38)20-3-9-24(36)10-4-20/h1-16,27,31H/b39-33+,40-34+. The maximum absolute atomic E-state index is 13.5. The lowest BCUT2D eigenvalue weighted by atomic mass is 9.81. The number of rotatable bonds is 2. The molecule has 2 atom stereocenters. The molecule has 2 unspecified atom stereocenters.